The second-order valence-corrected chi connectivity index (χ2v) is 11.7. The minimum atomic E-state index is 0.232. The normalized spacial score (nSPS) is 17.3. The summed E-state index contributed by atoms with van der Waals surface area (Å²) in [6.07, 6.45) is 20.4. The highest BCUT2D eigenvalue weighted by Gasteiger charge is 2.28. The van der Waals surface area contributed by atoms with Gasteiger partial charge in [0.1, 0.15) is 0 Å². The Labute approximate surface area is 267 Å². The van der Waals surface area contributed by atoms with Crippen molar-refractivity contribution in [3.63, 3.8) is 0 Å². The highest BCUT2D eigenvalue weighted by molar-refractivity contribution is 5.86. The van der Waals surface area contributed by atoms with Crippen LogP contribution in [0.1, 0.15) is 49.3 Å². The van der Waals surface area contributed by atoms with Gasteiger partial charge >= 0.3 is 0 Å². The smallest absolute Gasteiger partial charge is 0.0554 e. The average Bonchev–Trinajstić information content (AvgIpc) is 3.34. The number of benzene rings is 4. The number of nitrogens with one attached hydrogen (secondary N) is 1. The molecule has 4 aromatic rings. The van der Waals surface area contributed by atoms with Gasteiger partial charge in [-0.2, -0.15) is 0 Å². The zero-order valence-corrected chi connectivity index (χ0v) is 26.2. The van der Waals surface area contributed by atoms with Crippen LogP contribution in [0.3, 0.4) is 0 Å². The van der Waals surface area contributed by atoms with E-state index in [4.69, 9.17) is 0 Å². The molecule has 0 bridgehead atoms. The van der Waals surface area contributed by atoms with Gasteiger partial charge in [-0.05, 0) is 96.1 Å². The molecule has 0 fully saturated rings. The van der Waals surface area contributed by atoms with Crippen molar-refractivity contribution in [3.05, 3.63) is 173 Å². The van der Waals surface area contributed by atoms with Gasteiger partial charge in [0.25, 0.3) is 0 Å². The lowest BCUT2D eigenvalue weighted by atomic mass is 9.85. The maximum absolute atomic E-state index is 3.57. The summed E-state index contributed by atoms with van der Waals surface area (Å²) in [4.78, 5) is 4.81. The van der Waals surface area contributed by atoms with Crippen LogP contribution in [0, 0.1) is 0 Å². The number of nitrogens with zero attached hydrogens (tertiary/aromatic N) is 2. The van der Waals surface area contributed by atoms with Crippen LogP contribution in [0.2, 0.25) is 0 Å². The van der Waals surface area contributed by atoms with Gasteiger partial charge < -0.3 is 15.1 Å². The molecule has 0 aromatic heterocycles. The molecule has 7 rings (SSSR count). The SMILES string of the molecule is CC/C=C\C1=C(C)C=Cc2cc(C3C=C4C=Cc5ccccc5N(c5ccccc5)C4=CC3)c(NC)cc2N1c1ccccc1. The van der Waals surface area contributed by atoms with E-state index in [0.717, 1.165) is 24.2 Å². The van der Waals surface area contributed by atoms with Gasteiger partial charge in [-0.25, -0.2) is 0 Å². The summed E-state index contributed by atoms with van der Waals surface area (Å²) in [6.45, 7) is 4.39. The molecule has 1 unspecified atom stereocenters. The van der Waals surface area contributed by atoms with Crippen LogP contribution in [0.4, 0.5) is 28.4 Å². The number of para-hydroxylation sites is 3. The van der Waals surface area contributed by atoms with Crippen LogP contribution < -0.4 is 15.1 Å². The number of hydrogen-bond donors (Lipinski definition) is 1. The van der Waals surface area contributed by atoms with E-state index in [1.165, 1.54) is 56.3 Å². The van der Waals surface area contributed by atoms with Crippen molar-refractivity contribution in [1.29, 1.82) is 0 Å². The van der Waals surface area contributed by atoms with Gasteiger partial charge in [0, 0.05) is 41.4 Å². The molecule has 2 heterocycles. The molecule has 0 amide bonds. The van der Waals surface area contributed by atoms with E-state index < -0.39 is 0 Å². The van der Waals surface area contributed by atoms with Gasteiger partial charge in [0.15, 0.2) is 0 Å². The summed E-state index contributed by atoms with van der Waals surface area (Å²) < 4.78 is 0. The summed E-state index contributed by atoms with van der Waals surface area (Å²) in [6, 6.07) is 34.8. The molecule has 3 heteroatoms. The Morgan fingerprint density at radius 2 is 1.44 bits per heavy atom. The number of fused-ring (bicyclic) bond motifs is 3. The van der Waals surface area contributed by atoms with E-state index >= 15 is 0 Å². The van der Waals surface area contributed by atoms with Gasteiger partial charge in [-0.3, -0.25) is 0 Å². The molecule has 3 aliphatic rings. The molecule has 1 aliphatic carbocycles. The van der Waals surface area contributed by atoms with Gasteiger partial charge in [-0.1, -0.05) is 104 Å². The molecule has 0 spiro atoms. The molecule has 4 aromatic carbocycles. The van der Waals surface area contributed by atoms with E-state index in [1.54, 1.807) is 0 Å². The van der Waals surface area contributed by atoms with Gasteiger partial charge in [-0.15, -0.1) is 0 Å². The van der Waals surface area contributed by atoms with Crippen LogP contribution in [-0.2, 0) is 0 Å². The fraction of sp³-hybridized carbons (Fsp3) is 0.143. The molecule has 1 atom stereocenters. The first-order valence-electron chi connectivity index (χ1n) is 16.0. The molecular weight excluding hydrogens is 546 g/mol. The Hall–Kier alpha value is -5.28. The number of rotatable bonds is 6. The zero-order valence-electron chi connectivity index (χ0n) is 26.2. The fourth-order valence-corrected chi connectivity index (χ4v) is 6.67. The second kappa shape index (κ2) is 12.4. The van der Waals surface area contributed by atoms with Crippen molar-refractivity contribution in [2.24, 2.45) is 0 Å². The average molecular weight is 586 g/mol. The van der Waals surface area contributed by atoms with Crippen molar-refractivity contribution in [2.75, 3.05) is 22.2 Å². The predicted octanol–water partition coefficient (Wildman–Crippen LogP) is 11.3. The second-order valence-electron chi connectivity index (χ2n) is 11.7. The van der Waals surface area contributed by atoms with Crippen LogP contribution in [0.5, 0.6) is 0 Å². The van der Waals surface area contributed by atoms with Crippen molar-refractivity contribution in [1.82, 2.24) is 0 Å². The minimum Gasteiger partial charge on any atom is -0.388 e. The van der Waals surface area contributed by atoms with E-state index in [1.807, 2.05) is 7.05 Å². The molecular formula is C42H39N3. The summed E-state index contributed by atoms with van der Waals surface area (Å²) >= 11 is 0. The summed E-state index contributed by atoms with van der Waals surface area (Å²) in [7, 11) is 2.04. The van der Waals surface area contributed by atoms with Crippen LogP contribution in [-0.4, -0.2) is 7.05 Å². The third kappa shape index (κ3) is 5.36. The topological polar surface area (TPSA) is 18.5 Å². The van der Waals surface area contributed by atoms with Crippen molar-refractivity contribution < 1.29 is 0 Å². The third-order valence-electron chi connectivity index (χ3n) is 8.91. The highest BCUT2D eigenvalue weighted by Crippen LogP contribution is 2.46. The Morgan fingerprint density at radius 1 is 0.756 bits per heavy atom. The first-order valence-corrected chi connectivity index (χ1v) is 16.0. The summed E-state index contributed by atoms with van der Waals surface area (Å²) in [5.74, 6) is 0.232. The quantitative estimate of drug-likeness (QED) is 0.243. The first kappa shape index (κ1) is 28.5. The monoisotopic (exact) mass is 585 g/mol. The molecule has 0 saturated carbocycles. The van der Waals surface area contributed by atoms with Crippen LogP contribution in [0.25, 0.3) is 12.2 Å². The molecule has 45 heavy (non-hydrogen) atoms. The van der Waals surface area contributed by atoms with E-state index in [0.29, 0.717) is 0 Å². The van der Waals surface area contributed by atoms with Crippen molar-refractivity contribution in [2.45, 2.75) is 32.6 Å². The van der Waals surface area contributed by atoms with Crippen LogP contribution >= 0.6 is 0 Å². The maximum atomic E-state index is 3.57. The van der Waals surface area contributed by atoms with Crippen molar-refractivity contribution >= 4 is 40.6 Å². The van der Waals surface area contributed by atoms with E-state index in [9.17, 15) is 0 Å². The molecule has 0 radical (unpaired) electrons. The lowest BCUT2D eigenvalue weighted by Crippen LogP contribution is -2.20. The minimum absolute atomic E-state index is 0.232. The molecule has 222 valence electrons. The predicted molar refractivity (Wildman–Crippen MR) is 193 cm³/mol. The van der Waals surface area contributed by atoms with Crippen LogP contribution in [0.15, 0.2) is 156 Å². The van der Waals surface area contributed by atoms with Gasteiger partial charge in [0.2, 0.25) is 0 Å². The third-order valence-corrected chi connectivity index (χ3v) is 8.91. The Kier molecular flexibility index (Phi) is 7.83. The largest absolute Gasteiger partial charge is 0.388 e. The molecule has 0 saturated heterocycles. The van der Waals surface area contributed by atoms with Gasteiger partial charge in [0.05, 0.1) is 11.4 Å². The first-order chi connectivity index (χ1) is 22.2. The molecule has 2 aliphatic heterocycles. The number of allylic oxidation sites excluding steroid dienone is 7. The summed E-state index contributed by atoms with van der Waals surface area (Å²) in [5.41, 5.74) is 14.5. The highest BCUT2D eigenvalue weighted by atomic mass is 15.2. The van der Waals surface area contributed by atoms with Crippen molar-refractivity contribution in [3.8, 4) is 0 Å². The fourth-order valence-electron chi connectivity index (χ4n) is 6.67. The van der Waals surface area contributed by atoms with E-state index in [2.05, 4.69) is 175 Å². The lowest BCUT2D eigenvalue weighted by Gasteiger charge is -2.32. The molecule has 3 nitrogen and oxygen atoms in total. The molecule has 1 N–H and O–H groups in total. The Balaban J connectivity index is 1.33. The standard InChI is InChI=1S/C42H39N3/c1-4-5-19-39-30(2)21-22-34-28-37(38(43-3)29-42(34)44(39)35-15-8-6-9-16-35)32-25-26-41-33(27-32)24-23-31-14-12-13-20-40(31)45(41)36-17-10-7-11-18-36/h5-24,26-29,32,43H,4,25H2,1-3H3/b19-5-. The summed E-state index contributed by atoms with van der Waals surface area (Å²) in [5, 5.41) is 3.57. The van der Waals surface area contributed by atoms with E-state index in [-0.39, 0.29) is 5.92 Å². The number of hydrogen-bond acceptors (Lipinski definition) is 3. The zero-order chi connectivity index (χ0) is 30.8. The Morgan fingerprint density at radius 3 is 2.18 bits per heavy atom. The number of anilines is 5. The lowest BCUT2D eigenvalue weighted by molar-refractivity contribution is 0.833. The Bertz CT molecular complexity index is 1900. The maximum Gasteiger partial charge on any atom is 0.0554 e.